The van der Waals surface area contributed by atoms with Gasteiger partial charge in [-0.05, 0) is 109 Å². The molecule has 0 aromatic rings. The van der Waals surface area contributed by atoms with Crippen LogP contribution in [0.2, 0.25) is 0 Å². The van der Waals surface area contributed by atoms with Crippen molar-refractivity contribution in [3.63, 3.8) is 0 Å². The zero-order valence-corrected chi connectivity index (χ0v) is 23.3. The van der Waals surface area contributed by atoms with Gasteiger partial charge in [0.05, 0.1) is 6.10 Å². The zero-order chi connectivity index (χ0) is 25.1. The molecule has 4 fully saturated rings. The van der Waals surface area contributed by atoms with Crippen LogP contribution in [0.15, 0.2) is 12.2 Å². The van der Waals surface area contributed by atoms with Crippen LogP contribution in [0.4, 0.5) is 0 Å². The molecule has 34 heavy (non-hydrogen) atoms. The maximum absolute atomic E-state index is 11.9. The second-order valence-electron chi connectivity index (χ2n) is 14.1. The van der Waals surface area contributed by atoms with E-state index in [-0.39, 0.29) is 34.4 Å². The molecule has 4 aliphatic carbocycles. The Morgan fingerprint density at radius 1 is 0.941 bits per heavy atom. The lowest BCUT2D eigenvalue weighted by Crippen LogP contribution is -2.63. The summed E-state index contributed by atoms with van der Waals surface area (Å²) in [6.07, 6.45) is 13.8. The summed E-state index contributed by atoms with van der Waals surface area (Å²) in [7, 11) is 0. The number of esters is 1. The van der Waals surface area contributed by atoms with Crippen LogP contribution in [0.1, 0.15) is 107 Å². The van der Waals surface area contributed by atoms with Gasteiger partial charge in [-0.1, -0.05) is 60.6 Å². The van der Waals surface area contributed by atoms with Crippen LogP contribution in [-0.2, 0) is 9.53 Å². The minimum atomic E-state index is -0.226. The smallest absolute Gasteiger partial charge is 0.302 e. The van der Waals surface area contributed by atoms with Gasteiger partial charge in [-0.15, -0.1) is 0 Å². The van der Waals surface area contributed by atoms with Gasteiger partial charge < -0.3 is 9.84 Å². The average Bonchev–Trinajstić information content (AvgIpc) is 3.09. The molecule has 0 spiro atoms. The molecule has 0 aromatic heterocycles. The molecule has 0 aromatic carbocycles. The largest absolute Gasteiger partial charge is 0.463 e. The van der Waals surface area contributed by atoms with Gasteiger partial charge >= 0.3 is 5.97 Å². The number of hydrogen-bond donors (Lipinski definition) is 1. The van der Waals surface area contributed by atoms with Gasteiger partial charge in [-0.3, -0.25) is 4.79 Å². The second-order valence-corrected chi connectivity index (χ2v) is 14.1. The molecule has 0 heterocycles. The fourth-order valence-corrected chi connectivity index (χ4v) is 10.0. The summed E-state index contributed by atoms with van der Waals surface area (Å²) in [5, 5.41) is 11.9. The minimum Gasteiger partial charge on any atom is -0.463 e. The summed E-state index contributed by atoms with van der Waals surface area (Å²) in [6, 6.07) is 0. The minimum absolute atomic E-state index is 0.0719. The van der Waals surface area contributed by atoms with Crippen molar-refractivity contribution in [2.75, 3.05) is 0 Å². The van der Waals surface area contributed by atoms with Crippen LogP contribution >= 0.6 is 0 Å². The normalized spacial score (nSPS) is 48.2. The van der Waals surface area contributed by atoms with Crippen molar-refractivity contribution in [1.29, 1.82) is 0 Å². The van der Waals surface area contributed by atoms with Crippen LogP contribution in [0.5, 0.6) is 0 Å². The van der Waals surface area contributed by atoms with E-state index in [9.17, 15) is 9.90 Å². The number of rotatable bonds is 5. The summed E-state index contributed by atoms with van der Waals surface area (Å²) in [4.78, 5) is 11.6. The topological polar surface area (TPSA) is 46.5 Å². The van der Waals surface area contributed by atoms with Gasteiger partial charge in [-0.25, -0.2) is 0 Å². The first-order chi connectivity index (χ1) is 15.8. The fraction of sp³-hybridized carbons (Fsp3) is 0.903. The zero-order valence-electron chi connectivity index (χ0n) is 23.3. The Balaban J connectivity index is 1.57. The van der Waals surface area contributed by atoms with Crippen molar-refractivity contribution in [1.82, 2.24) is 0 Å². The molecule has 0 amide bonds. The van der Waals surface area contributed by atoms with Gasteiger partial charge in [0, 0.05) is 6.92 Å². The molecule has 4 rings (SSSR count). The Kier molecular flexibility index (Phi) is 7.13. The second kappa shape index (κ2) is 9.24. The monoisotopic (exact) mass is 472 g/mol. The van der Waals surface area contributed by atoms with Crippen LogP contribution in [-0.4, -0.2) is 23.3 Å². The quantitative estimate of drug-likeness (QED) is 0.334. The third-order valence-electron chi connectivity index (χ3n) is 11.9. The number of aliphatic hydroxyl groups is 1. The summed E-state index contributed by atoms with van der Waals surface area (Å²) in [5.74, 6) is 3.98. The fourth-order valence-electron chi connectivity index (χ4n) is 10.0. The van der Waals surface area contributed by atoms with Crippen LogP contribution in [0, 0.1) is 57.7 Å². The number of allylic oxidation sites excluding steroid dienone is 2. The molecule has 0 bridgehead atoms. The average molecular weight is 473 g/mol. The van der Waals surface area contributed by atoms with Crippen molar-refractivity contribution in [3.8, 4) is 0 Å². The molecule has 4 saturated carbocycles. The van der Waals surface area contributed by atoms with E-state index in [0.29, 0.717) is 41.4 Å². The van der Waals surface area contributed by atoms with Gasteiger partial charge in [0.1, 0.15) is 6.10 Å². The summed E-state index contributed by atoms with van der Waals surface area (Å²) in [5.41, 5.74) is 0.573. The maximum atomic E-state index is 11.9. The lowest BCUT2D eigenvalue weighted by atomic mass is 9.38. The number of carbonyl (C=O) groups is 1. The van der Waals surface area contributed by atoms with E-state index in [0.717, 1.165) is 25.7 Å². The molecular formula is C31H52O3. The van der Waals surface area contributed by atoms with E-state index in [1.165, 1.54) is 32.6 Å². The highest BCUT2D eigenvalue weighted by Gasteiger charge is 2.68. The van der Waals surface area contributed by atoms with E-state index >= 15 is 0 Å². The number of fused-ring (bicyclic) bond motifs is 5. The first-order valence-corrected chi connectivity index (χ1v) is 14.4. The van der Waals surface area contributed by atoms with E-state index < -0.39 is 0 Å². The highest BCUT2D eigenvalue weighted by Crippen LogP contribution is 2.73. The summed E-state index contributed by atoms with van der Waals surface area (Å²) >= 11 is 0. The molecule has 1 N–H and O–H groups in total. The number of hydrogen-bond acceptors (Lipinski definition) is 3. The van der Waals surface area contributed by atoms with Crippen molar-refractivity contribution in [3.05, 3.63) is 12.2 Å². The summed E-state index contributed by atoms with van der Waals surface area (Å²) < 4.78 is 5.65. The molecule has 3 nitrogen and oxygen atoms in total. The lowest BCUT2D eigenvalue weighted by molar-refractivity contribution is -0.222. The molecule has 3 heteroatoms. The van der Waals surface area contributed by atoms with Gasteiger partial charge in [0.2, 0.25) is 0 Å². The highest BCUT2D eigenvalue weighted by atomic mass is 16.5. The van der Waals surface area contributed by atoms with Crippen molar-refractivity contribution >= 4 is 5.97 Å². The first kappa shape index (κ1) is 26.2. The van der Waals surface area contributed by atoms with Crippen LogP contribution in [0.3, 0.4) is 0 Å². The molecular weight excluding hydrogens is 420 g/mol. The standard InChI is InChI=1S/C31H52O3/c1-19(2)20(3)9-10-21(4)25-11-12-27-30(7)15-13-23-17-24(34-22(5)32)14-16-29(23,6)28(30)26(33)18-31(25,27)8/h9-10,19-21,23-28,33H,11-18H2,1-8H3/t20-,21+,23-,24-,25+,26-,27-,28+,29-,30-,31+/m0/s1. The third kappa shape index (κ3) is 4.20. The Hall–Kier alpha value is -0.830. The molecule has 194 valence electrons. The Bertz CT molecular complexity index is 788. The molecule has 11 atom stereocenters. The predicted molar refractivity (Wildman–Crippen MR) is 139 cm³/mol. The Labute approximate surface area is 209 Å². The van der Waals surface area contributed by atoms with E-state index in [4.69, 9.17) is 4.74 Å². The molecule has 0 aliphatic heterocycles. The van der Waals surface area contributed by atoms with E-state index in [2.05, 4.69) is 60.6 Å². The molecule has 4 aliphatic rings. The SMILES string of the molecule is CC(=O)O[C@H]1CC[C@@]2(C)[C@@H](CC[C@@]3(C)[C@@H]4CC[C@H]([C@H](C)C=C[C@H](C)C(C)C)[C@@]4(C)C[C@H](O)[C@H]23)C1. The van der Waals surface area contributed by atoms with Crippen LogP contribution in [0.25, 0.3) is 0 Å². The first-order valence-electron chi connectivity index (χ1n) is 14.4. The van der Waals surface area contributed by atoms with Crippen LogP contribution < -0.4 is 0 Å². The highest BCUT2D eigenvalue weighted by molar-refractivity contribution is 5.66. The van der Waals surface area contributed by atoms with E-state index in [1.54, 1.807) is 0 Å². The van der Waals surface area contributed by atoms with Crippen molar-refractivity contribution in [2.24, 2.45) is 57.7 Å². The molecule has 0 unspecified atom stereocenters. The lowest BCUT2D eigenvalue weighted by Gasteiger charge is -2.67. The van der Waals surface area contributed by atoms with Crippen molar-refractivity contribution in [2.45, 2.75) is 119 Å². The number of ether oxygens (including phenoxy) is 1. The number of aliphatic hydroxyl groups excluding tert-OH is 1. The van der Waals surface area contributed by atoms with Gasteiger partial charge in [0.15, 0.2) is 0 Å². The number of carbonyl (C=O) groups excluding carboxylic acids is 1. The predicted octanol–water partition coefficient (Wildman–Crippen LogP) is 7.42. The third-order valence-corrected chi connectivity index (χ3v) is 11.9. The molecule has 0 radical (unpaired) electrons. The maximum Gasteiger partial charge on any atom is 0.302 e. The van der Waals surface area contributed by atoms with Crippen molar-refractivity contribution < 1.29 is 14.6 Å². The summed E-state index contributed by atoms with van der Waals surface area (Å²) in [6.45, 7) is 18.5. The van der Waals surface area contributed by atoms with Gasteiger partial charge in [0.25, 0.3) is 0 Å². The van der Waals surface area contributed by atoms with Gasteiger partial charge in [-0.2, -0.15) is 0 Å². The Morgan fingerprint density at radius 2 is 1.62 bits per heavy atom. The molecule has 0 saturated heterocycles. The van der Waals surface area contributed by atoms with E-state index in [1.807, 2.05) is 0 Å². The Morgan fingerprint density at radius 3 is 2.26 bits per heavy atom.